The summed E-state index contributed by atoms with van der Waals surface area (Å²) in [6.45, 7) is 2.93. The van der Waals surface area contributed by atoms with Gasteiger partial charge in [0.2, 0.25) is 4.77 Å². The molecule has 0 spiro atoms. The number of nitrogens with zero attached hydrogens (tertiary/aromatic N) is 3. The van der Waals surface area contributed by atoms with Crippen molar-refractivity contribution in [3.05, 3.63) is 64.7 Å². The van der Waals surface area contributed by atoms with Crippen molar-refractivity contribution in [3.63, 3.8) is 0 Å². The Labute approximate surface area is 168 Å². The van der Waals surface area contributed by atoms with E-state index >= 15 is 0 Å². The molecule has 0 amide bonds. The van der Waals surface area contributed by atoms with Crippen molar-refractivity contribution in [2.75, 3.05) is 13.7 Å². The third-order valence-electron chi connectivity index (χ3n) is 3.80. The smallest absolute Gasteiger partial charge is 0.216 e. The molecule has 0 atom stereocenters. The first-order valence-electron chi connectivity index (χ1n) is 8.90. The quantitative estimate of drug-likeness (QED) is 0.432. The Hall–Kier alpha value is -3.13. The van der Waals surface area contributed by atoms with Crippen molar-refractivity contribution in [1.29, 1.82) is 0 Å². The van der Waals surface area contributed by atoms with E-state index in [9.17, 15) is 0 Å². The fourth-order valence-corrected chi connectivity index (χ4v) is 2.62. The minimum absolute atomic E-state index is 0.238. The van der Waals surface area contributed by atoms with Crippen LogP contribution in [0.25, 0.3) is 0 Å². The van der Waals surface area contributed by atoms with Gasteiger partial charge in [0.05, 0.1) is 19.9 Å². The summed E-state index contributed by atoms with van der Waals surface area (Å²) in [5.74, 6) is 2.68. The second-order valence-corrected chi connectivity index (χ2v) is 6.25. The highest BCUT2D eigenvalue weighted by Crippen LogP contribution is 2.27. The van der Waals surface area contributed by atoms with Gasteiger partial charge >= 0.3 is 0 Å². The first-order valence-corrected chi connectivity index (χ1v) is 9.31. The summed E-state index contributed by atoms with van der Waals surface area (Å²) in [7, 11) is 1.61. The highest BCUT2D eigenvalue weighted by Gasteiger charge is 2.07. The first-order chi connectivity index (χ1) is 13.7. The lowest BCUT2D eigenvalue weighted by Gasteiger charge is -2.10. The number of methoxy groups -OCH3 is 1. The molecule has 0 unspecified atom stereocenters. The number of nitrogens with one attached hydrogen (secondary N) is 1. The zero-order chi connectivity index (χ0) is 19.8. The van der Waals surface area contributed by atoms with Crippen LogP contribution in [0.4, 0.5) is 0 Å². The molecule has 146 valence electrons. The molecule has 28 heavy (non-hydrogen) atoms. The number of hydrogen-bond donors (Lipinski definition) is 1. The largest absolute Gasteiger partial charge is 0.493 e. The van der Waals surface area contributed by atoms with Crippen molar-refractivity contribution >= 4 is 18.4 Å². The number of H-pyrrole nitrogens is 1. The summed E-state index contributed by atoms with van der Waals surface area (Å²) in [5, 5.41) is 11.4. The molecule has 0 radical (unpaired) electrons. The van der Waals surface area contributed by atoms with E-state index in [2.05, 4.69) is 22.2 Å². The number of hydrogen-bond acceptors (Lipinski definition) is 6. The minimum atomic E-state index is 0.238. The molecule has 8 heteroatoms. The van der Waals surface area contributed by atoms with Crippen LogP contribution in [0, 0.1) is 4.77 Å². The Morgan fingerprint density at radius 3 is 2.71 bits per heavy atom. The van der Waals surface area contributed by atoms with E-state index in [1.165, 1.54) is 4.68 Å². The lowest BCUT2D eigenvalue weighted by atomic mass is 10.2. The van der Waals surface area contributed by atoms with Crippen LogP contribution in [0.2, 0.25) is 0 Å². The molecule has 3 aromatic rings. The maximum Gasteiger partial charge on any atom is 0.216 e. The molecular formula is C20H22N4O3S. The highest BCUT2D eigenvalue weighted by molar-refractivity contribution is 7.71. The van der Waals surface area contributed by atoms with E-state index in [1.807, 2.05) is 48.5 Å². The highest BCUT2D eigenvalue weighted by atomic mass is 32.1. The fourth-order valence-electron chi connectivity index (χ4n) is 2.42. The zero-order valence-electron chi connectivity index (χ0n) is 15.8. The number of para-hydroxylation sites is 1. The predicted molar refractivity (Wildman–Crippen MR) is 110 cm³/mol. The zero-order valence-corrected chi connectivity index (χ0v) is 16.6. The first kappa shape index (κ1) is 19.6. The molecule has 3 rings (SSSR count). The molecule has 0 aliphatic carbocycles. The third-order valence-corrected chi connectivity index (χ3v) is 4.06. The third kappa shape index (κ3) is 4.98. The molecule has 0 saturated heterocycles. The average molecular weight is 398 g/mol. The Bertz CT molecular complexity index is 983. The van der Waals surface area contributed by atoms with Gasteiger partial charge in [-0.15, -0.1) is 0 Å². The van der Waals surface area contributed by atoms with Crippen molar-refractivity contribution in [3.8, 4) is 17.2 Å². The topological polar surface area (TPSA) is 73.7 Å². The van der Waals surface area contributed by atoms with E-state index in [-0.39, 0.29) is 6.61 Å². The van der Waals surface area contributed by atoms with Crippen LogP contribution >= 0.6 is 12.2 Å². The molecule has 0 bridgehead atoms. The van der Waals surface area contributed by atoms with Crippen LogP contribution < -0.4 is 14.2 Å². The molecule has 0 aliphatic heterocycles. The van der Waals surface area contributed by atoms with Gasteiger partial charge in [0.15, 0.2) is 17.3 Å². The van der Waals surface area contributed by atoms with E-state index in [4.69, 9.17) is 26.4 Å². The fraction of sp³-hybridized carbons (Fsp3) is 0.250. The second kappa shape index (κ2) is 9.70. The Morgan fingerprint density at radius 2 is 1.96 bits per heavy atom. The molecule has 2 aromatic carbocycles. The number of aromatic amines is 1. The summed E-state index contributed by atoms with van der Waals surface area (Å²) in [5.41, 5.74) is 0.846. The standard InChI is InChI=1S/C20H22N4O3S/c1-3-11-26-17-10-9-15(12-18(17)25-2)13-21-24-19(22-23-20(24)28)14-27-16-7-5-4-6-8-16/h4-10,12-13H,3,11,14H2,1-2H3,(H,23,28)/b21-13-. The predicted octanol–water partition coefficient (Wildman–Crippen LogP) is 4.20. The maximum atomic E-state index is 5.73. The van der Waals surface area contributed by atoms with Crippen LogP contribution in [0.5, 0.6) is 17.2 Å². The minimum Gasteiger partial charge on any atom is -0.493 e. The van der Waals surface area contributed by atoms with Gasteiger partial charge in [0.25, 0.3) is 0 Å². The van der Waals surface area contributed by atoms with Crippen molar-refractivity contribution in [2.45, 2.75) is 20.0 Å². The second-order valence-electron chi connectivity index (χ2n) is 5.86. The van der Waals surface area contributed by atoms with Crippen LogP contribution in [0.3, 0.4) is 0 Å². The van der Waals surface area contributed by atoms with Crippen molar-refractivity contribution < 1.29 is 14.2 Å². The van der Waals surface area contributed by atoms with Crippen molar-refractivity contribution in [2.24, 2.45) is 5.10 Å². The molecule has 1 heterocycles. The van der Waals surface area contributed by atoms with E-state index in [0.29, 0.717) is 28.7 Å². The van der Waals surface area contributed by atoms with E-state index < -0.39 is 0 Å². The molecule has 7 nitrogen and oxygen atoms in total. The number of aromatic nitrogens is 3. The van der Waals surface area contributed by atoms with Crippen LogP contribution in [-0.2, 0) is 6.61 Å². The number of rotatable bonds is 9. The van der Waals surface area contributed by atoms with Gasteiger partial charge in [-0.2, -0.15) is 14.9 Å². The maximum absolute atomic E-state index is 5.73. The van der Waals surface area contributed by atoms with Gasteiger partial charge in [-0.05, 0) is 54.5 Å². The van der Waals surface area contributed by atoms with Gasteiger partial charge < -0.3 is 14.2 Å². The van der Waals surface area contributed by atoms with Crippen molar-refractivity contribution in [1.82, 2.24) is 14.9 Å². The summed E-state index contributed by atoms with van der Waals surface area (Å²) in [6, 6.07) is 15.1. The molecule has 1 aromatic heterocycles. The van der Waals surface area contributed by atoms with Gasteiger partial charge in [0.1, 0.15) is 12.4 Å². The molecular weight excluding hydrogens is 376 g/mol. The summed E-state index contributed by atoms with van der Waals surface area (Å²) in [4.78, 5) is 0. The SMILES string of the molecule is CCCOc1ccc(/C=N\n2c(COc3ccccc3)n[nH]c2=S)cc1OC. The Balaban J connectivity index is 1.75. The molecule has 0 saturated carbocycles. The lowest BCUT2D eigenvalue weighted by Crippen LogP contribution is -2.04. The molecule has 1 N–H and O–H groups in total. The van der Waals surface area contributed by atoms with Gasteiger partial charge in [-0.3, -0.25) is 0 Å². The lowest BCUT2D eigenvalue weighted by molar-refractivity contribution is 0.290. The van der Waals surface area contributed by atoms with Gasteiger partial charge in [-0.25, -0.2) is 5.10 Å². The average Bonchev–Trinajstić information content (AvgIpc) is 3.09. The summed E-state index contributed by atoms with van der Waals surface area (Å²) in [6.07, 6.45) is 2.61. The van der Waals surface area contributed by atoms with E-state index in [0.717, 1.165) is 17.7 Å². The van der Waals surface area contributed by atoms with Crippen LogP contribution in [0.15, 0.2) is 53.6 Å². The molecule has 0 fully saturated rings. The monoisotopic (exact) mass is 398 g/mol. The summed E-state index contributed by atoms with van der Waals surface area (Å²) >= 11 is 5.27. The summed E-state index contributed by atoms with van der Waals surface area (Å²) < 4.78 is 18.7. The normalized spacial score (nSPS) is 10.9. The number of benzene rings is 2. The molecule has 0 aliphatic rings. The Morgan fingerprint density at radius 1 is 1.14 bits per heavy atom. The number of ether oxygens (including phenoxy) is 3. The van der Waals surface area contributed by atoms with Gasteiger partial charge in [-0.1, -0.05) is 25.1 Å². The van der Waals surface area contributed by atoms with Gasteiger partial charge in [0, 0.05) is 0 Å². The van der Waals surface area contributed by atoms with Crippen LogP contribution in [-0.4, -0.2) is 34.8 Å². The van der Waals surface area contributed by atoms with E-state index in [1.54, 1.807) is 13.3 Å². The van der Waals surface area contributed by atoms with Crippen LogP contribution in [0.1, 0.15) is 24.7 Å². The Kier molecular flexibility index (Phi) is 6.80.